The van der Waals surface area contributed by atoms with Gasteiger partial charge in [-0.1, -0.05) is 24.3 Å². The van der Waals surface area contributed by atoms with Crippen LogP contribution >= 0.6 is 0 Å². The highest BCUT2D eigenvalue weighted by atomic mass is 19.1. The van der Waals surface area contributed by atoms with Crippen LogP contribution in [0.2, 0.25) is 0 Å². The molecule has 0 aromatic heterocycles. The number of hydrogen-bond acceptors (Lipinski definition) is 4. The fraction of sp³-hybridized carbons (Fsp3) is 0.406. The van der Waals surface area contributed by atoms with Gasteiger partial charge in [-0.15, -0.1) is 0 Å². The van der Waals surface area contributed by atoms with Crippen molar-refractivity contribution in [2.75, 3.05) is 31.1 Å². The Bertz CT molecular complexity index is 1250. The molecule has 0 saturated carbocycles. The zero-order valence-electron chi connectivity index (χ0n) is 23.3. The average Bonchev–Trinajstić information content (AvgIpc) is 3.23. The first-order chi connectivity index (χ1) is 19.2. The third kappa shape index (κ3) is 5.47. The van der Waals surface area contributed by atoms with Crippen LogP contribution in [0.1, 0.15) is 44.7 Å². The molecule has 3 aromatic rings. The summed E-state index contributed by atoms with van der Waals surface area (Å²) in [4.78, 5) is 20.9. The molecule has 1 N–H and O–H groups in total. The summed E-state index contributed by atoms with van der Waals surface area (Å²) >= 11 is 0. The van der Waals surface area contributed by atoms with Crippen molar-refractivity contribution in [1.29, 1.82) is 0 Å². The first-order valence-corrected chi connectivity index (χ1v) is 14.1. The van der Waals surface area contributed by atoms with E-state index in [4.69, 9.17) is 0 Å². The molecule has 0 aliphatic carbocycles. The second-order valence-corrected chi connectivity index (χ2v) is 11.1. The normalized spacial score (nSPS) is 21.1. The van der Waals surface area contributed by atoms with Crippen LogP contribution in [0.3, 0.4) is 0 Å². The summed E-state index contributed by atoms with van der Waals surface area (Å²) in [5.74, 6) is -1.10. The molecule has 2 aliphatic rings. The van der Waals surface area contributed by atoms with Crippen LogP contribution < -0.4 is 10.2 Å². The van der Waals surface area contributed by atoms with Gasteiger partial charge in [0.25, 0.3) is 5.91 Å². The number of nitrogens with zero attached hydrogens (tertiary/aromatic N) is 3. The molecule has 2 fully saturated rings. The maximum Gasteiger partial charge on any atom is 0.253 e. The molecule has 3 aromatic carbocycles. The summed E-state index contributed by atoms with van der Waals surface area (Å²) in [5, 5.41) is 3.49. The average molecular weight is 551 g/mol. The number of nitrogens with one attached hydrogen (secondary N) is 1. The maximum atomic E-state index is 14.2. The monoisotopic (exact) mass is 550 g/mol. The summed E-state index contributed by atoms with van der Waals surface area (Å²) in [6, 6.07) is 18.9. The van der Waals surface area contributed by atoms with Gasteiger partial charge in [0.2, 0.25) is 0 Å². The lowest BCUT2D eigenvalue weighted by Crippen LogP contribution is -2.50. The molecule has 3 unspecified atom stereocenters. The lowest BCUT2D eigenvalue weighted by atomic mass is 9.82. The molecule has 0 bridgehead atoms. The van der Waals surface area contributed by atoms with Gasteiger partial charge in [-0.25, -0.2) is 13.2 Å². The van der Waals surface area contributed by atoms with E-state index in [1.54, 1.807) is 24.3 Å². The Labute approximate surface area is 234 Å². The third-order valence-corrected chi connectivity index (χ3v) is 8.56. The predicted molar refractivity (Wildman–Crippen MR) is 151 cm³/mol. The molecular formula is C32H37F3N4O. The lowest BCUT2D eigenvalue weighted by Gasteiger charge is -2.40. The molecule has 5 nitrogen and oxygen atoms in total. The Morgan fingerprint density at radius 2 is 1.20 bits per heavy atom. The van der Waals surface area contributed by atoms with Crippen LogP contribution in [-0.4, -0.2) is 60.1 Å². The molecule has 0 spiro atoms. The number of carbonyl (C=O) groups is 1. The second kappa shape index (κ2) is 11.6. The summed E-state index contributed by atoms with van der Waals surface area (Å²) < 4.78 is 40.9. The van der Waals surface area contributed by atoms with Crippen LogP contribution in [0.5, 0.6) is 0 Å². The van der Waals surface area contributed by atoms with Crippen molar-refractivity contribution in [3.63, 3.8) is 0 Å². The van der Waals surface area contributed by atoms with Gasteiger partial charge in [-0.2, -0.15) is 0 Å². The second-order valence-electron chi connectivity index (χ2n) is 11.1. The van der Waals surface area contributed by atoms with Gasteiger partial charge in [0.15, 0.2) is 5.54 Å². The number of halogens is 3. The Hall–Kier alpha value is -3.36. The SMILES string of the molecule is CC(CCC(C)N1C(=O)C(c2ccc(F)cc2)(c2ccc(F)cc2)NC1C)N1CCN(c2ccc(F)cc2)CC1. The van der Waals surface area contributed by atoms with Crippen LogP contribution in [0, 0.1) is 17.5 Å². The Kier molecular flexibility index (Phi) is 8.19. The van der Waals surface area contributed by atoms with E-state index in [2.05, 4.69) is 29.0 Å². The van der Waals surface area contributed by atoms with Gasteiger partial charge < -0.3 is 9.80 Å². The molecule has 40 heavy (non-hydrogen) atoms. The van der Waals surface area contributed by atoms with Gasteiger partial charge in [0.1, 0.15) is 17.5 Å². The van der Waals surface area contributed by atoms with E-state index in [1.807, 2.05) is 24.0 Å². The molecule has 3 atom stereocenters. The first-order valence-electron chi connectivity index (χ1n) is 14.1. The molecule has 5 rings (SSSR count). The number of rotatable bonds is 8. The maximum absolute atomic E-state index is 14.2. The van der Waals surface area contributed by atoms with Gasteiger partial charge in [0, 0.05) is 44.0 Å². The molecule has 2 saturated heterocycles. The number of benzene rings is 3. The van der Waals surface area contributed by atoms with Crippen molar-refractivity contribution in [2.45, 2.75) is 57.4 Å². The minimum atomic E-state index is -1.22. The third-order valence-electron chi connectivity index (χ3n) is 8.56. The van der Waals surface area contributed by atoms with Crippen LogP contribution in [0.15, 0.2) is 72.8 Å². The van der Waals surface area contributed by atoms with Crippen molar-refractivity contribution < 1.29 is 18.0 Å². The van der Waals surface area contributed by atoms with E-state index < -0.39 is 5.54 Å². The van der Waals surface area contributed by atoms with E-state index in [-0.39, 0.29) is 35.6 Å². The molecule has 2 heterocycles. The van der Waals surface area contributed by atoms with Crippen molar-refractivity contribution >= 4 is 11.6 Å². The minimum Gasteiger partial charge on any atom is -0.369 e. The van der Waals surface area contributed by atoms with Gasteiger partial charge in [-0.05, 0) is 93.3 Å². The Balaban J connectivity index is 1.25. The summed E-state index contributed by atoms with van der Waals surface area (Å²) in [6.07, 6.45) is 1.47. The highest BCUT2D eigenvalue weighted by Crippen LogP contribution is 2.39. The van der Waals surface area contributed by atoms with Gasteiger partial charge in [0.05, 0.1) is 6.17 Å². The number of hydrogen-bond donors (Lipinski definition) is 1. The largest absolute Gasteiger partial charge is 0.369 e. The standard InChI is InChI=1S/C32H37F3N4O/c1-22(37-18-20-38(21-19-37)30-16-14-29(35)15-17-30)4-5-23(2)39-24(3)36-32(31(39)40,25-6-10-27(33)11-7-25)26-8-12-28(34)13-9-26/h6-17,22-24,36H,4-5,18-21H2,1-3H3. The quantitative estimate of drug-likeness (QED) is 0.402. The Morgan fingerprint density at radius 3 is 1.70 bits per heavy atom. The van der Waals surface area contributed by atoms with Gasteiger partial charge in [-0.3, -0.25) is 15.0 Å². The van der Waals surface area contributed by atoms with Crippen molar-refractivity contribution in [1.82, 2.24) is 15.1 Å². The predicted octanol–water partition coefficient (Wildman–Crippen LogP) is 5.50. The van der Waals surface area contributed by atoms with E-state index in [9.17, 15) is 18.0 Å². The fourth-order valence-electron chi connectivity index (χ4n) is 6.25. The van der Waals surface area contributed by atoms with E-state index in [1.165, 1.54) is 36.4 Å². The topological polar surface area (TPSA) is 38.8 Å². The van der Waals surface area contributed by atoms with E-state index in [0.29, 0.717) is 17.2 Å². The number of carbonyl (C=O) groups excluding carboxylic acids is 1. The minimum absolute atomic E-state index is 0.0410. The molecule has 1 amide bonds. The van der Waals surface area contributed by atoms with Crippen molar-refractivity contribution in [2.24, 2.45) is 0 Å². The number of amides is 1. The smallest absolute Gasteiger partial charge is 0.253 e. The van der Waals surface area contributed by atoms with Crippen molar-refractivity contribution in [3.05, 3.63) is 101 Å². The van der Waals surface area contributed by atoms with Gasteiger partial charge >= 0.3 is 0 Å². The molecular weight excluding hydrogens is 513 g/mol. The van der Waals surface area contributed by atoms with E-state index >= 15 is 0 Å². The number of anilines is 1. The molecule has 2 aliphatic heterocycles. The summed E-state index contributed by atoms with van der Waals surface area (Å²) in [5.41, 5.74) is 1.07. The summed E-state index contributed by atoms with van der Waals surface area (Å²) in [7, 11) is 0. The van der Waals surface area contributed by atoms with Crippen LogP contribution in [0.25, 0.3) is 0 Å². The lowest BCUT2D eigenvalue weighted by molar-refractivity contribution is -0.134. The van der Waals surface area contributed by atoms with E-state index in [0.717, 1.165) is 44.7 Å². The number of piperazine rings is 1. The van der Waals surface area contributed by atoms with Crippen molar-refractivity contribution in [3.8, 4) is 0 Å². The Morgan fingerprint density at radius 1 is 0.750 bits per heavy atom. The van der Waals surface area contributed by atoms with Crippen LogP contribution in [0.4, 0.5) is 18.9 Å². The summed E-state index contributed by atoms with van der Waals surface area (Å²) in [6.45, 7) is 9.87. The highest BCUT2D eigenvalue weighted by molar-refractivity contribution is 5.94. The van der Waals surface area contributed by atoms with Crippen LogP contribution in [-0.2, 0) is 10.3 Å². The fourth-order valence-corrected chi connectivity index (χ4v) is 6.25. The zero-order chi connectivity index (χ0) is 28.4. The zero-order valence-corrected chi connectivity index (χ0v) is 23.3. The molecule has 8 heteroatoms. The molecule has 0 radical (unpaired) electrons. The molecule has 212 valence electrons. The first kappa shape index (κ1) is 28.2. The highest BCUT2D eigenvalue weighted by Gasteiger charge is 2.53.